The van der Waals surface area contributed by atoms with Crippen molar-refractivity contribution < 1.29 is 23.6 Å². The van der Waals surface area contributed by atoms with Crippen LogP contribution in [0.5, 0.6) is 0 Å². The molecule has 1 rings (SSSR count). The molecule has 0 atom stereocenters. The summed E-state index contributed by atoms with van der Waals surface area (Å²) in [4.78, 5) is 23.1. The Hall–Kier alpha value is -2.03. The predicted molar refractivity (Wildman–Crippen MR) is 51.8 cm³/mol. The van der Waals surface area contributed by atoms with Gasteiger partial charge in [-0.1, -0.05) is 0 Å². The second-order valence-corrected chi connectivity index (χ2v) is 3.23. The maximum absolute atomic E-state index is 12.6. The molecule has 0 aliphatic carbocycles. The smallest absolute Gasteiger partial charge is 0.287 e. The number of amides is 1. The van der Waals surface area contributed by atoms with Crippen LogP contribution in [0.15, 0.2) is 12.3 Å². The van der Waals surface area contributed by atoms with E-state index in [4.69, 9.17) is 5.11 Å². The lowest BCUT2D eigenvalue weighted by atomic mass is 10.3. The number of H-pyrrole nitrogens is 1. The maximum atomic E-state index is 12.6. The molecular weight excluding hydrogens is 240 g/mol. The first-order valence-corrected chi connectivity index (χ1v) is 4.45. The number of rotatable bonds is 5. The Kier molecular flexibility index (Phi) is 3.73. The number of alkyl halides is 2. The lowest BCUT2D eigenvalue weighted by Gasteiger charge is -2.13. The van der Waals surface area contributed by atoms with Crippen molar-refractivity contribution in [3.63, 3.8) is 0 Å². The Bertz CT molecular complexity index is 432. The summed E-state index contributed by atoms with van der Waals surface area (Å²) in [5.41, 5.74) is -0.547. The zero-order valence-corrected chi connectivity index (χ0v) is 8.44. The Morgan fingerprint density at radius 1 is 1.65 bits per heavy atom. The molecule has 0 spiro atoms. The minimum absolute atomic E-state index is 0.203. The summed E-state index contributed by atoms with van der Waals surface area (Å²) in [6, 6.07) is 0.923. The average molecular weight is 249 g/mol. The van der Waals surface area contributed by atoms with Crippen molar-refractivity contribution in [1.82, 2.24) is 10.3 Å². The Morgan fingerprint density at radius 3 is 2.76 bits per heavy atom. The van der Waals surface area contributed by atoms with E-state index in [0.717, 1.165) is 12.3 Å². The number of carbonyl (C=O) groups excluding carboxylic acids is 1. The molecule has 1 aromatic rings. The third kappa shape index (κ3) is 3.48. The van der Waals surface area contributed by atoms with E-state index in [1.807, 2.05) is 5.32 Å². The highest BCUT2D eigenvalue weighted by molar-refractivity contribution is 5.93. The summed E-state index contributed by atoms with van der Waals surface area (Å²) in [5, 5.41) is 20.4. The van der Waals surface area contributed by atoms with Gasteiger partial charge >= 0.3 is 0 Å². The summed E-state index contributed by atoms with van der Waals surface area (Å²) >= 11 is 0. The molecule has 0 saturated carbocycles. The van der Waals surface area contributed by atoms with Crippen LogP contribution < -0.4 is 5.32 Å². The molecule has 0 bridgehead atoms. The molecule has 0 radical (unpaired) electrons. The van der Waals surface area contributed by atoms with Gasteiger partial charge in [0.1, 0.15) is 12.3 Å². The molecule has 0 aliphatic heterocycles. The molecule has 0 saturated heterocycles. The largest absolute Gasteiger partial charge is 0.390 e. The minimum Gasteiger partial charge on any atom is -0.390 e. The molecule has 3 N–H and O–H groups in total. The van der Waals surface area contributed by atoms with Crippen LogP contribution >= 0.6 is 0 Å². The molecule has 17 heavy (non-hydrogen) atoms. The number of nitrogens with zero attached hydrogens (tertiary/aromatic N) is 1. The number of aliphatic hydroxyl groups is 1. The van der Waals surface area contributed by atoms with Crippen LogP contribution in [-0.4, -0.2) is 40.0 Å². The maximum Gasteiger partial charge on any atom is 0.287 e. The van der Waals surface area contributed by atoms with Crippen molar-refractivity contribution in [1.29, 1.82) is 0 Å². The van der Waals surface area contributed by atoms with E-state index in [0.29, 0.717) is 0 Å². The van der Waals surface area contributed by atoms with Crippen LogP contribution in [0, 0.1) is 10.1 Å². The second kappa shape index (κ2) is 4.87. The first-order chi connectivity index (χ1) is 7.85. The second-order valence-electron chi connectivity index (χ2n) is 3.23. The lowest BCUT2D eigenvalue weighted by molar-refractivity contribution is -0.384. The normalized spacial score (nSPS) is 11.2. The van der Waals surface area contributed by atoms with E-state index >= 15 is 0 Å². The highest BCUT2D eigenvalue weighted by Crippen LogP contribution is 2.13. The third-order valence-electron chi connectivity index (χ3n) is 1.86. The molecule has 0 aromatic carbocycles. The molecule has 1 heterocycles. The number of aromatic nitrogens is 1. The number of nitro groups is 1. The highest BCUT2D eigenvalue weighted by atomic mass is 19.3. The van der Waals surface area contributed by atoms with Crippen LogP contribution in [0.3, 0.4) is 0 Å². The first-order valence-electron chi connectivity index (χ1n) is 4.45. The summed E-state index contributed by atoms with van der Waals surface area (Å²) in [5.74, 6) is -4.33. The lowest BCUT2D eigenvalue weighted by Crippen LogP contribution is -2.39. The molecule has 1 amide bonds. The van der Waals surface area contributed by atoms with Gasteiger partial charge in [-0.2, -0.15) is 0 Å². The van der Waals surface area contributed by atoms with Crippen molar-refractivity contribution >= 4 is 11.6 Å². The molecule has 1 aromatic heterocycles. The number of carbonyl (C=O) groups is 1. The van der Waals surface area contributed by atoms with Crippen LogP contribution in [0.4, 0.5) is 14.5 Å². The van der Waals surface area contributed by atoms with Gasteiger partial charge in [-0.05, 0) is 0 Å². The molecular formula is C8H9F2N3O4. The number of nitrogens with one attached hydrogen (secondary N) is 2. The van der Waals surface area contributed by atoms with Crippen LogP contribution in [0.2, 0.25) is 0 Å². The van der Waals surface area contributed by atoms with Crippen LogP contribution in [0.25, 0.3) is 0 Å². The zero-order valence-electron chi connectivity index (χ0n) is 8.44. The van der Waals surface area contributed by atoms with Crippen molar-refractivity contribution in [3.8, 4) is 0 Å². The fraction of sp³-hybridized carbons (Fsp3) is 0.375. The fourth-order valence-electron chi connectivity index (χ4n) is 0.980. The monoisotopic (exact) mass is 249 g/mol. The fourth-order valence-corrected chi connectivity index (χ4v) is 0.980. The van der Waals surface area contributed by atoms with E-state index in [1.54, 1.807) is 0 Å². The summed E-state index contributed by atoms with van der Waals surface area (Å²) in [7, 11) is 0. The van der Waals surface area contributed by atoms with Crippen molar-refractivity contribution in [3.05, 3.63) is 28.1 Å². The van der Waals surface area contributed by atoms with Gasteiger partial charge in [0, 0.05) is 6.07 Å². The number of aromatic amines is 1. The number of aliphatic hydroxyl groups excluding tert-OH is 1. The van der Waals surface area contributed by atoms with E-state index in [1.165, 1.54) is 0 Å². The topological polar surface area (TPSA) is 108 Å². The molecule has 7 nitrogen and oxygen atoms in total. The van der Waals surface area contributed by atoms with Crippen LogP contribution in [0.1, 0.15) is 10.5 Å². The number of halogens is 2. The minimum atomic E-state index is -3.42. The Balaban J connectivity index is 2.61. The molecule has 0 unspecified atom stereocenters. The number of hydrogen-bond acceptors (Lipinski definition) is 4. The van der Waals surface area contributed by atoms with Gasteiger partial charge in [-0.25, -0.2) is 8.78 Å². The average Bonchev–Trinajstić information content (AvgIpc) is 2.75. The first kappa shape index (κ1) is 13.0. The Labute approximate surface area is 93.6 Å². The molecule has 94 valence electrons. The molecule has 0 aliphatic rings. The van der Waals surface area contributed by atoms with Gasteiger partial charge in [0.25, 0.3) is 17.5 Å². The standard InChI is InChI=1S/C8H9F2N3O4/c9-8(10,4-14)3-12-7(15)6-1-5(2-11-6)13(16)17/h1-2,11,14H,3-4H2,(H,12,15). The van der Waals surface area contributed by atoms with Gasteiger partial charge in [-0.15, -0.1) is 0 Å². The van der Waals surface area contributed by atoms with Gasteiger partial charge < -0.3 is 15.4 Å². The SMILES string of the molecule is O=C(NCC(F)(F)CO)c1cc([N+](=O)[O-])c[nH]1. The Morgan fingerprint density at radius 2 is 2.29 bits per heavy atom. The number of hydrogen-bond donors (Lipinski definition) is 3. The van der Waals surface area contributed by atoms with Gasteiger partial charge in [-0.3, -0.25) is 14.9 Å². The van der Waals surface area contributed by atoms with E-state index < -0.39 is 29.9 Å². The molecule has 0 fully saturated rings. The van der Waals surface area contributed by atoms with Crippen molar-refractivity contribution in [2.24, 2.45) is 0 Å². The molecule has 9 heteroatoms. The van der Waals surface area contributed by atoms with Gasteiger partial charge in [0.15, 0.2) is 0 Å². The van der Waals surface area contributed by atoms with E-state index in [-0.39, 0.29) is 11.4 Å². The summed E-state index contributed by atoms with van der Waals surface area (Å²) < 4.78 is 25.2. The van der Waals surface area contributed by atoms with Gasteiger partial charge in [0.2, 0.25) is 0 Å². The van der Waals surface area contributed by atoms with Crippen LogP contribution in [-0.2, 0) is 0 Å². The van der Waals surface area contributed by atoms with Crippen molar-refractivity contribution in [2.45, 2.75) is 5.92 Å². The van der Waals surface area contributed by atoms with E-state index in [9.17, 15) is 23.7 Å². The highest BCUT2D eigenvalue weighted by Gasteiger charge is 2.28. The zero-order chi connectivity index (χ0) is 13.1. The summed E-state index contributed by atoms with van der Waals surface area (Å²) in [6.07, 6.45) is 0.971. The van der Waals surface area contributed by atoms with Crippen molar-refractivity contribution in [2.75, 3.05) is 13.2 Å². The summed E-state index contributed by atoms with van der Waals surface area (Å²) in [6.45, 7) is -2.44. The third-order valence-corrected chi connectivity index (χ3v) is 1.86. The van der Waals surface area contributed by atoms with Gasteiger partial charge in [0.05, 0.1) is 17.7 Å². The van der Waals surface area contributed by atoms with E-state index in [2.05, 4.69) is 4.98 Å². The predicted octanol–water partition coefficient (Wildman–Crippen LogP) is 0.280. The quantitative estimate of drug-likeness (QED) is 0.514.